The van der Waals surface area contributed by atoms with Crippen LogP contribution < -0.4 is 5.32 Å². The van der Waals surface area contributed by atoms with Crippen molar-refractivity contribution in [2.24, 2.45) is 0 Å². The van der Waals surface area contributed by atoms with Gasteiger partial charge in [-0.3, -0.25) is 10.1 Å². The van der Waals surface area contributed by atoms with Crippen LogP contribution in [0.25, 0.3) is 10.9 Å². The number of aromatic nitrogens is 1. The van der Waals surface area contributed by atoms with Crippen molar-refractivity contribution in [1.82, 2.24) is 10.3 Å². The maximum absolute atomic E-state index is 11.6. The summed E-state index contributed by atoms with van der Waals surface area (Å²) in [5.74, 6) is -3.33. The largest absolute Gasteiger partial charge is 0.480 e. The summed E-state index contributed by atoms with van der Waals surface area (Å²) in [7, 11) is 0. The van der Waals surface area contributed by atoms with Crippen molar-refractivity contribution in [3.8, 4) is 0 Å². The molecule has 0 saturated carbocycles. The number of aliphatic carboxylic acids is 1. The number of H-pyrrole nitrogens is 1. The highest BCUT2D eigenvalue weighted by Gasteiger charge is 2.53. The van der Waals surface area contributed by atoms with Gasteiger partial charge in [0.05, 0.1) is 13.2 Å². The molecule has 1 aliphatic heterocycles. The summed E-state index contributed by atoms with van der Waals surface area (Å²) >= 11 is 0. The third-order valence-electron chi connectivity index (χ3n) is 4.70. The van der Waals surface area contributed by atoms with E-state index in [9.17, 15) is 25.2 Å². The minimum absolute atomic E-state index is 0.136. The van der Waals surface area contributed by atoms with E-state index >= 15 is 0 Å². The van der Waals surface area contributed by atoms with Crippen molar-refractivity contribution in [3.63, 3.8) is 0 Å². The molecule has 1 aromatic carbocycles. The van der Waals surface area contributed by atoms with Crippen LogP contribution >= 0.6 is 0 Å². The molecule has 9 heteroatoms. The van der Waals surface area contributed by atoms with Crippen LogP contribution in [-0.4, -0.2) is 79.8 Å². The van der Waals surface area contributed by atoms with E-state index in [1.54, 1.807) is 6.20 Å². The van der Waals surface area contributed by atoms with Crippen LogP contribution in [0.3, 0.4) is 0 Å². The average molecular weight is 366 g/mol. The molecule has 2 heterocycles. The van der Waals surface area contributed by atoms with E-state index in [0.29, 0.717) is 0 Å². The Bertz CT molecular complexity index is 779. The summed E-state index contributed by atoms with van der Waals surface area (Å²) in [6.45, 7) is -1.01. The maximum atomic E-state index is 11.6. The molecule has 7 N–H and O–H groups in total. The Morgan fingerprint density at radius 1 is 1.35 bits per heavy atom. The molecule has 0 aliphatic carbocycles. The first-order chi connectivity index (χ1) is 12.4. The van der Waals surface area contributed by atoms with Gasteiger partial charge >= 0.3 is 5.97 Å². The molecule has 0 unspecified atom stereocenters. The fourth-order valence-electron chi connectivity index (χ4n) is 3.20. The van der Waals surface area contributed by atoms with Gasteiger partial charge in [0.15, 0.2) is 0 Å². The highest BCUT2D eigenvalue weighted by atomic mass is 16.7. The highest BCUT2D eigenvalue weighted by Crippen LogP contribution is 2.29. The quantitative estimate of drug-likeness (QED) is 0.314. The molecule has 1 saturated heterocycles. The number of carboxylic acids is 1. The Labute approximate surface area is 148 Å². The van der Waals surface area contributed by atoms with Gasteiger partial charge in [-0.05, 0) is 11.6 Å². The highest BCUT2D eigenvalue weighted by molar-refractivity contribution is 5.84. The molecule has 0 bridgehead atoms. The van der Waals surface area contributed by atoms with Crippen molar-refractivity contribution in [3.05, 3.63) is 36.0 Å². The standard InChI is InChI=1S/C17H22N2O7/c20-7-13-14(21)15(22)17(25,26-13)8-19-12(16(23)24)5-9-6-18-11-4-2-1-3-10(9)11/h1-4,6,12-15,18-22,25H,5,7-8H2,(H,23,24)/t12-,13+,14-,15+,17-/m0/s1. The van der Waals surface area contributed by atoms with E-state index in [-0.39, 0.29) is 6.42 Å². The van der Waals surface area contributed by atoms with Gasteiger partial charge in [0.1, 0.15) is 24.4 Å². The van der Waals surface area contributed by atoms with Crippen LogP contribution in [0.5, 0.6) is 0 Å². The van der Waals surface area contributed by atoms with Crippen LogP contribution in [0.1, 0.15) is 5.56 Å². The molecule has 9 nitrogen and oxygen atoms in total. The number of benzene rings is 1. The topological polar surface area (TPSA) is 155 Å². The molecule has 2 aromatic rings. The Balaban J connectivity index is 1.71. The van der Waals surface area contributed by atoms with E-state index in [1.807, 2.05) is 24.3 Å². The summed E-state index contributed by atoms with van der Waals surface area (Å²) in [4.78, 5) is 14.7. The van der Waals surface area contributed by atoms with E-state index in [4.69, 9.17) is 9.84 Å². The lowest BCUT2D eigenvalue weighted by atomic mass is 10.0. The fourth-order valence-corrected chi connectivity index (χ4v) is 3.20. The van der Waals surface area contributed by atoms with E-state index < -0.39 is 49.3 Å². The van der Waals surface area contributed by atoms with E-state index in [2.05, 4.69) is 10.3 Å². The molecule has 1 aliphatic rings. The lowest BCUT2D eigenvalue weighted by Crippen LogP contribution is -2.54. The Kier molecular flexibility index (Phi) is 5.28. The Morgan fingerprint density at radius 3 is 2.73 bits per heavy atom. The van der Waals surface area contributed by atoms with Gasteiger partial charge in [-0.1, -0.05) is 18.2 Å². The smallest absolute Gasteiger partial charge is 0.321 e. The van der Waals surface area contributed by atoms with Crippen LogP contribution in [-0.2, 0) is 16.0 Å². The monoisotopic (exact) mass is 366 g/mol. The predicted octanol–water partition coefficient (Wildman–Crippen LogP) is -1.45. The first-order valence-corrected chi connectivity index (χ1v) is 8.24. The first-order valence-electron chi connectivity index (χ1n) is 8.24. The third-order valence-corrected chi connectivity index (χ3v) is 4.70. The second-order valence-electron chi connectivity index (χ2n) is 6.45. The van der Waals surface area contributed by atoms with Gasteiger partial charge in [0.25, 0.3) is 0 Å². The molecule has 26 heavy (non-hydrogen) atoms. The van der Waals surface area contributed by atoms with E-state index in [0.717, 1.165) is 16.5 Å². The average Bonchev–Trinajstić information content (AvgIpc) is 3.13. The molecular weight excluding hydrogens is 344 g/mol. The summed E-state index contributed by atoms with van der Waals surface area (Å²) in [5, 5.41) is 52.2. The van der Waals surface area contributed by atoms with E-state index in [1.165, 1.54) is 0 Å². The summed E-state index contributed by atoms with van der Waals surface area (Å²) in [5.41, 5.74) is 1.67. The van der Waals surface area contributed by atoms with Crippen LogP contribution in [0.4, 0.5) is 0 Å². The fraction of sp³-hybridized carbons (Fsp3) is 0.471. The number of aliphatic hydroxyl groups is 4. The molecule has 3 rings (SSSR count). The predicted molar refractivity (Wildman–Crippen MR) is 90.4 cm³/mol. The van der Waals surface area contributed by atoms with Gasteiger partial charge in [-0.2, -0.15) is 0 Å². The maximum Gasteiger partial charge on any atom is 0.321 e. The Hall–Kier alpha value is -2.01. The minimum atomic E-state index is -2.19. The Morgan fingerprint density at radius 2 is 2.08 bits per heavy atom. The molecule has 1 aromatic heterocycles. The zero-order chi connectivity index (χ0) is 18.9. The number of rotatable bonds is 7. The summed E-state index contributed by atoms with van der Waals surface area (Å²) in [6, 6.07) is 6.42. The first kappa shape index (κ1) is 18.8. The SMILES string of the molecule is O=C(O)[C@H](Cc1c[nH]c2ccccc12)NC[C@]1(O)O[C@H](CO)[C@H](O)[C@H]1O. The van der Waals surface area contributed by atoms with Crippen molar-refractivity contribution in [1.29, 1.82) is 0 Å². The molecule has 1 fully saturated rings. The van der Waals surface area contributed by atoms with Crippen molar-refractivity contribution >= 4 is 16.9 Å². The van der Waals surface area contributed by atoms with Crippen molar-refractivity contribution < 1.29 is 35.1 Å². The molecule has 0 radical (unpaired) electrons. The van der Waals surface area contributed by atoms with Crippen LogP contribution in [0.2, 0.25) is 0 Å². The number of hydrogen-bond acceptors (Lipinski definition) is 7. The lowest BCUT2D eigenvalue weighted by molar-refractivity contribution is -0.227. The van der Waals surface area contributed by atoms with Gasteiger partial charge in [-0.25, -0.2) is 0 Å². The summed E-state index contributed by atoms with van der Waals surface area (Å²) in [6.07, 6.45) is -2.42. The molecule has 0 spiro atoms. The van der Waals surface area contributed by atoms with Gasteiger partial charge in [0.2, 0.25) is 5.79 Å². The zero-order valence-corrected chi connectivity index (χ0v) is 13.9. The summed E-state index contributed by atoms with van der Waals surface area (Å²) < 4.78 is 5.10. The van der Waals surface area contributed by atoms with Gasteiger partial charge in [0, 0.05) is 23.5 Å². The van der Waals surface area contributed by atoms with Crippen LogP contribution in [0.15, 0.2) is 30.5 Å². The number of carbonyl (C=O) groups is 1. The molecular formula is C17H22N2O7. The molecule has 5 atom stereocenters. The van der Waals surface area contributed by atoms with Crippen molar-refractivity contribution in [2.45, 2.75) is 36.6 Å². The number of aliphatic hydroxyl groups excluding tert-OH is 3. The number of aromatic amines is 1. The number of carboxylic acid groups (broad SMARTS) is 1. The number of ether oxygens (including phenoxy) is 1. The second-order valence-corrected chi connectivity index (χ2v) is 6.45. The molecule has 0 amide bonds. The van der Waals surface area contributed by atoms with Gasteiger partial charge in [-0.15, -0.1) is 0 Å². The third kappa shape index (κ3) is 3.45. The normalized spacial score (nSPS) is 29.9. The number of para-hydroxylation sites is 1. The number of fused-ring (bicyclic) bond motifs is 1. The van der Waals surface area contributed by atoms with Gasteiger partial charge < -0.3 is 35.3 Å². The number of nitrogens with one attached hydrogen (secondary N) is 2. The second kappa shape index (κ2) is 7.31. The molecule has 142 valence electrons. The van der Waals surface area contributed by atoms with Crippen LogP contribution in [0, 0.1) is 0 Å². The number of hydrogen-bond donors (Lipinski definition) is 7. The zero-order valence-electron chi connectivity index (χ0n) is 13.9. The lowest BCUT2D eigenvalue weighted by Gasteiger charge is -2.28. The minimum Gasteiger partial charge on any atom is -0.480 e. The van der Waals surface area contributed by atoms with Crippen molar-refractivity contribution in [2.75, 3.05) is 13.2 Å².